The number of unbranched alkanes of at least 4 members (excludes halogenated alkanes) is 2. The van der Waals surface area contributed by atoms with Gasteiger partial charge in [0.1, 0.15) is 6.67 Å². The molecule has 0 aromatic carbocycles. The molecule has 0 radical (unpaired) electrons. The van der Waals surface area contributed by atoms with Crippen LogP contribution in [0.25, 0.3) is 6.20 Å². The van der Waals surface area contributed by atoms with Crippen LogP contribution in [-0.4, -0.2) is 18.1 Å². The van der Waals surface area contributed by atoms with Gasteiger partial charge < -0.3 is 9.32 Å². The highest BCUT2D eigenvalue weighted by molar-refractivity contribution is 5.20. The van der Waals surface area contributed by atoms with E-state index < -0.39 is 0 Å². The summed E-state index contributed by atoms with van der Waals surface area (Å²) < 4.78 is 5.21. The van der Waals surface area contributed by atoms with Crippen molar-refractivity contribution in [3.63, 3.8) is 0 Å². The summed E-state index contributed by atoms with van der Waals surface area (Å²) in [5.74, 6) is 0. The maximum atomic E-state index is 5.21. The molecular formula is C11H16N2O. The highest BCUT2D eigenvalue weighted by Gasteiger charge is 2.04. The Balaban J connectivity index is 1.99. The number of nitrogens with zero attached hydrogens (tertiary/aromatic N) is 2. The van der Waals surface area contributed by atoms with E-state index in [1.165, 1.54) is 19.3 Å². The molecule has 0 atom stereocenters. The van der Waals surface area contributed by atoms with Crippen molar-refractivity contribution in [2.45, 2.75) is 26.2 Å². The lowest BCUT2D eigenvalue weighted by atomic mass is 10.2. The summed E-state index contributed by atoms with van der Waals surface area (Å²) >= 11 is 0. The summed E-state index contributed by atoms with van der Waals surface area (Å²) in [6, 6.07) is 1.96. The fourth-order valence-corrected chi connectivity index (χ4v) is 1.63. The molecule has 0 aliphatic carbocycles. The average Bonchev–Trinajstić information content (AvgIpc) is 2.65. The van der Waals surface area contributed by atoms with Gasteiger partial charge in [-0.3, -0.25) is 0 Å². The maximum absolute atomic E-state index is 5.21. The fraction of sp³-hybridized carbons (Fsp3) is 0.545. The number of furan rings is 1. The number of fused-ring (bicyclic) bond motifs is 1. The van der Waals surface area contributed by atoms with Gasteiger partial charge in [0.05, 0.1) is 11.5 Å². The van der Waals surface area contributed by atoms with E-state index in [2.05, 4.69) is 23.0 Å². The second-order valence-electron chi connectivity index (χ2n) is 3.63. The van der Waals surface area contributed by atoms with Gasteiger partial charge in [-0.05, 0) is 12.5 Å². The summed E-state index contributed by atoms with van der Waals surface area (Å²) in [5, 5.41) is 1.10. The molecule has 0 saturated carbocycles. The molecule has 14 heavy (non-hydrogen) atoms. The molecule has 0 fully saturated rings. The molecule has 0 N–H and O–H groups in total. The van der Waals surface area contributed by atoms with Gasteiger partial charge in [0.25, 0.3) is 0 Å². The topological polar surface area (TPSA) is 28.7 Å². The zero-order valence-electron chi connectivity index (χ0n) is 8.57. The molecule has 0 unspecified atom stereocenters. The van der Waals surface area contributed by atoms with Crippen molar-refractivity contribution in [1.82, 2.24) is 4.90 Å². The number of hydrogen-bond donors (Lipinski definition) is 0. The zero-order chi connectivity index (χ0) is 9.80. The van der Waals surface area contributed by atoms with Gasteiger partial charge in [0, 0.05) is 12.7 Å². The van der Waals surface area contributed by atoms with Crippen LogP contribution in [0.1, 0.15) is 26.2 Å². The van der Waals surface area contributed by atoms with Crippen molar-refractivity contribution in [2.24, 2.45) is 4.99 Å². The van der Waals surface area contributed by atoms with Crippen LogP contribution in [-0.2, 0) is 0 Å². The van der Waals surface area contributed by atoms with Crippen molar-refractivity contribution >= 4 is 6.20 Å². The first-order chi connectivity index (χ1) is 6.90. The van der Waals surface area contributed by atoms with Crippen LogP contribution in [0.3, 0.4) is 0 Å². The smallest absolute Gasteiger partial charge is 0.224 e. The van der Waals surface area contributed by atoms with E-state index in [0.717, 1.165) is 24.0 Å². The van der Waals surface area contributed by atoms with Crippen LogP contribution in [0.2, 0.25) is 0 Å². The van der Waals surface area contributed by atoms with E-state index in [9.17, 15) is 0 Å². The Kier molecular flexibility index (Phi) is 2.87. The Labute approximate surface area is 83.7 Å². The van der Waals surface area contributed by atoms with Gasteiger partial charge in [-0.25, -0.2) is 4.99 Å². The Morgan fingerprint density at radius 3 is 3.29 bits per heavy atom. The minimum atomic E-state index is 0.740. The highest BCUT2D eigenvalue weighted by Crippen LogP contribution is 2.00. The second kappa shape index (κ2) is 4.31. The predicted octanol–water partition coefficient (Wildman–Crippen LogP) is 1.10. The van der Waals surface area contributed by atoms with Crippen LogP contribution in [0.5, 0.6) is 0 Å². The van der Waals surface area contributed by atoms with Crippen molar-refractivity contribution < 1.29 is 4.42 Å². The predicted molar refractivity (Wildman–Crippen MR) is 55.1 cm³/mol. The third-order valence-electron chi connectivity index (χ3n) is 2.44. The maximum Gasteiger partial charge on any atom is 0.224 e. The van der Waals surface area contributed by atoms with Gasteiger partial charge >= 0.3 is 0 Å². The number of rotatable bonds is 4. The van der Waals surface area contributed by atoms with Crippen LogP contribution in [0, 0.1) is 0 Å². The van der Waals surface area contributed by atoms with E-state index in [-0.39, 0.29) is 0 Å². The number of hydrogen-bond acceptors (Lipinski definition) is 3. The molecule has 1 aliphatic heterocycles. The summed E-state index contributed by atoms with van der Waals surface area (Å²) in [7, 11) is 0. The first-order valence-corrected chi connectivity index (χ1v) is 5.24. The van der Waals surface area contributed by atoms with Gasteiger partial charge in [0.2, 0.25) is 5.55 Å². The minimum absolute atomic E-state index is 0.740. The highest BCUT2D eigenvalue weighted by atomic mass is 16.3. The Bertz CT molecular complexity index is 394. The molecule has 0 spiro atoms. The Hall–Kier alpha value is -1.25. The molecule has 1 aromatic heterocycles. The standard InChI is InChI=1S/C11H16N2O/c1-2-3-4-6-13-8-10-5-7-14-11(10)12-9-13/h5,7-8H,2-4,6,9H2,1H3. The van der Waals surface area contributed by atoms with Crippen molar-refractivity contribution in [3.8, 4) is 0 Å². The van der Waals surface area contributed by atoms with Gasteiger partial charge in [-0.1, -0.05) is 19.8 Å². The Morgan fingerprint density at radius 1 is 1.50 bits per heavy atom. The summed E-state index contributed by atoms with van der Waals surface area (Å²) in [4.78, 5) is 6.58. The fourth-order valence-electron chi connectivity index (χ4n) is 1.63. The van der Waals surface area contributed by atoms with Crippen molar-refractivity contribution in [3.05, 3.63) is 23.1 Å². The minimum Gasteiger partial charge on any atom is -0.446 e. The molecule has 2 heterocycles. The molecular weight excluding hydrogens is 176 g/mol. The van der Waals surface area contributed by atoms with Gasteiger partial charge in [-0.2, -0.15) is 0 Å². The van der Waals surface area contributed by atoms with E-state index >= 15 is 0 Å². The first-order valence-electron chi connectivity index (χ1n) is 5.24. The molecule has 0 saturated heterocycles. The van der Waals surface area contributed by atoms with E-state index in [4.69, 9.17) is 4.42 Å². The summed E-state index contributed by atoms with van der Waals surface area (Å²) in [5.41, 5.74) is 0.775. The normalized spacial score (nSPS) is 14.5. The largest absolute Gasteiger partial charge is 0.446 e. The summed E-state index contributed by atoms with van der Waals surface area (Å²) in [6.07, 6.45) is 7.64. The van der Waals surface area contributed by atoms with E-state index in [0.29, 0.717) is 0 Å². The van der Waals surface area contributed by atoms with Crippen molar-refractivity contribution in [2.75, 3.05) is 13.2 Å². The second-order valence-corrected chi connectivity index (χ2v) is 3.63. The molecule has 2 rings (SSSR count). The van der Waals surface area contributed by atoms with E-state index in [1.54, 1.807) is 6.26 Å². The van der Waals surface area contributed by atoms with Gasteiger partial charge in [0.15, 0.2) is 0 Å². The molecule has 3 heteroatoms. The van der Waals surface area contributed by atoms with Crippen LogP contribution in [0.4, 0.5) is 0 Å². The van der Waals surface area contributed by atoms with Crippen molar-refractivity contribution in [1.29, 1.82) is 0 Å². The lowest BCUT2D eigenvalue weighted by Gasteiger charge is -2.18. The SMILES string of the molecule is CCCCCN1C=c2ccoc2=NC1. The monoisotopic (exact) mass is 192 g/mol. The molecule has 3 nitrogen and oxygen atoms in total. The quantitative estimate of drug-likeness (QED) is 0.668. The Morgan fingerprint density at radius 2 is 2.43 bits per heavy atom. The molecule has 0 amide bonds. The third kappa shape index (κ3) is 1.97. The lowest BCUT2D eigenvalue weighted by Crippen LogP contribution is -2.33. The third-order valence-corrected chi connectivity index (χ3v) is 2.44. The van der Waals surface area contributed by atoms with Crippen LogP contribution < -0.4 is 10.8 Å². The van der Waals surface area contributed by atoms with Crippen LogP contribution in [0.15, 0.2) is 21.7 Å². The molecule has 76 valence electrons. The van der Waals surface area contributed by atoms with Crippen LogP contribution >= 0.6 is 0 Å². The average molecular weight is 192 g/mol. The lowest BCUT2D eigenvalue weighted by molar-refractivity contribution is 0.380. The molecule has 1 aliphatic rings. The molecule has 0 bridgehead atoms. The van der Waals surface area contributed by atoms with E-state index in [1.807, 2.05) is 6.07 Å². The van der Waals surface area contributed by atoms with Gasteiger partial charge in [-0.15, -0.1) is 0 Å². The molecule has 1 aromatic rings. The zero-order valence-corrected chi connectivity index (χ0v) is 8.57. The summed E-state index contributed by atoms with van der Waals surface area (Å²) in [6.45, 7) is 4.06. The first kappa shape index (κ1) is 9.31.